The van der Waals surface area contributed by atoms with Gasteiger partial charge in [-0.2, -0.15) is 0 Å². The fourth-order valence-electron chi connectivity index (χ4n) is 3.62. The Morgan fingerprint density at radius 1 is 1.10 bits per heavy atom. The van der Waals surface area contributed by atoms with Crippen molar-refractivity contribution in [3.05, 3.63) is 62.5 Å². The summed E-state index contributed by atoms with van der Waals surface area (Å²) in [5.41, 5.74) is 10.9. The molecule has 0 spiro atoms. The number of guanidine groups is 1. The van der Waals surface area contributed by atoms with Crippen molar-refractivity contribution in [2.75, 3.05) is 18.0 Å². The minimum Gasteiger partial charge on any atom is -0.370 e. The normalized spacial score (nSPS) is 18.6. The van der Waals surface area contributed by atoms with Crippen LogP contribution in [0.15, 0.2) is 51.9 Å². The molecule has 3 rings (SSSR count). The number of carbonyl (C=O) groups is 2. The molecule has 0 unspecified atom stereocenters. The molecule has 0 bridgehead atoms. The fourth-order valence-corrected chi connectivity index (χ4v) is 4.40. The highest BCUT2D eigenvalue weighted by Crippen LogP contribution is 2.37. The quantitative estimate of drug-likeness (QED) is 0.244. The van der Waals surface area contributed by atoms with Crippen LogP contribution in [0.2, 0.25) is 10.0 Å². The van der Waals surface area contributed by atoms with Gasteiger partial charge >= 0.3 is 6.03 Å². The smallest absolute Gasteiger partial charge is 0.332 e. The lowest BCUT2D eigenvalue weighted by molar-refractivity contribution is -0.124. The molecule has 164 valence electrons. The molecule has 7 nitrogen and oxygen atoms in total. The molecule has 1 atom stereocenters. The van der Waals surface area contributed by atoms with Crippen LogP contribution >= 0.6 is 39.1 Å². The van der Waals surface area contributed by atoms with E-state index >= 15 is 0 Å². The standard InChI is InChI=1S/C21H22BrCl2N5O2/c1-21(12-13-3-5-14(22)6-4-13)18(30)29(17-10-15(23)9-16(24)11-17)20(31)28(21)8-2-7-27-19(25)26/h3-6,9-11H,2,7-8,12H2,1H3,(H4,25,26,27)/t21-/m1/s1. The fraction of sp³-hybridized carbons (Fsp3) is 0.286. The van der Waals surface area contributed by atoms with Crippen LogP contribution in [0.4, 0.5) is 10.5 Å². The van der Waals surface area contributed by atoms with Gasteiger partial charge in [-0.25, -0.2) is 9.69 Å². The third kappa shape index (κ3) is 5.14. The van der Waals surface area contributed by atoms with Gasteiger partial charge in [0.1, 0.15) is 5.54 Å². The number of amides is 3. The summed E-state index contributed by atoms with van der Waals surface area (Å²) in [5, 5.41) is 0.674. The Balaban J connectivity index is 1.97. The third-order valence-corrected chi connectivity index (χ3v) is 6.05. The van der Waals surface area contributed by atoms with Gasteiger partial charge < -0.3 is 16.4 Å². The zero-order valence-corrected chi connectivity index (χ0v) is 19.9. The summed E-state index contributed by atoms with van der Waals surface area (Å²) in [5.74, 6) is -0.364. The molecule has 0 aliphatic carbocycles. The average Bonchev–Trinajstić information content (AvgIpc) is 2.86. The van der Waals surface area contributed by atoms with E-state index < -0.39 is 11.6 Å². The molecule has 1 saturated heterocycles. The van der Waals surface area contributed by atoms with Crippen molar-refractivity contribution >= 4 is 62.7 Å². The second-order valence-electron chi connectivity index (χ2n) is 7.44. The number of carbonyl (C=O) groups excluding carboxylic acids is 2. The number of rotatable bonds is 7. The zero-order chi connectivity index (χ0) is 22.8. The minimum atomic E-state index is -1.10. The van der Waals surface area contributed by atoms with Gasteiger partial charge in [-0.15, -0.1) is 0 Å². The highest BCUT2D eigenvalue weighted by Gasteiger charge is 2.54. The van der Waals surface area contributed by atoms with Crippen molar-refractivity contribution in [3.8, 4) is 0 Å². The SMILES string of the molecule is C[C@@]1(Cc2ccc(Br)cc2)C(=O)N(c2cc(Cl)cc(Cl)c2)C(=O)N1CCCN=C(N)N. The predicted octanol–water partition coefficient (Wildman–Crippen LogP) is 4.19. The Kier molecular flexibility index (Phi) is 7.13. The first-order valence-corrected chi connectivity index (χ1v) is 11.1. The minimum absolute atomic E-state index is 0.0170. The first-order valence-electron chi connectivity index (χ1n) is 9.54. The van der Waals surface area contributed by atoms with Crippen LogP contribution in [0.25, 0.3) is 0 Å². The van der Waals surface area contributed by atoms with Gasteiger partial charge in [0.15, 0.2) is 5.96 Å². The summed E-state index contributed by atoms with van der Waals surface area (Å²) in [7, 11) is 0. The van der Waals surface area contributed by atoms with E-state index in [1.165, 1.54) is 0 Å². The molecule has 1 aliphatic heterocycles. The molecule has 0 radical (unpaired) electrons. The molecule has 0 aromatic heterocycles. The zero-order valence-electron chi connectivity index (χ0n) is 16.8. The predicted molar refractivity (Wildman–Crippen MR) is 128 cm³/mol. The highest BCUT2D eigenvalue weighted by molar-refractivity contribution is 9.10. The van der Waals surface area contributed by atoms with E-state index in [-0.39, 0.29) is 11.9 Å². The first kappa shape index (κ1) is 23.4. The second-order valence-corrected chi connectivity index (χ2v) is 9.23. The lowest BCUT2D eigenvalue weighted by Gasteiger charge is -2.31. The summed E-state index contributed by atoms with van der Waals surface area (Å²) < 4.78 is 0.930. The first-order chi connectivity index (χ1) is 14.6. The van der Waals surface area contributed by atoms with Crippen LogP contribution in [0.1, 0.15) is 18.9 Å². The summed E-state index contributed by atoms with van der Waals surface area (Å²) in [4.78, 5) is 33.6. The Bertz CT molecular complexity index is 1010. The van der Waals surface area contributed by atoms with Crippen LogP contribution < -0.4 is 16.4 Å². The van der Waals surface area contributed by atoms with Crippen molar-refractivity contribution in [2.24, 2.45) is 16.5 Å². The highest BCUT2D eigenvalue weighted by atomic mass is 79.9. The van der Waals surface area contributed by atoms with Crippen molar-refractivity contribution in [1.29, 1.82) is 0 Å². The number of anilines is 1. The Hall–Kier alpha value is -2.29. The Morgan fingerprint density at radius 2 is 1.71 bits per heavy atom. The van der Waals surface area contributed by atoms with Crippen LogP contribution in [0.3, 0.4) is 0 Å². The van der Waals surface area contributed by atoms with E-state index in [2.05, 4.69) is 20.9 Å². The summed E-state index contributed by atoms with van der Waals surface area (Å²) >= 11 is 15.7. The molecule has 1 fully saturated rings. The summed E-state index contributed by atoms with van der Waals surface area (Å²) in [6.45, 7) is 2.42. The molecular weight excluding hydrogens is 505 g/mol. The summed E-state index contributed by atoms with van der Waals surface area (Å²) in [6, 6.07) is 11.8. The van der Waals surface area contributed by atoms with Crippen LogP contribution in [0, 0.1) is 0 Å². The molecule has 0 saturated carbocycles. The lowest BCUT2D eigenvalue weighted by atomic mass is 9.91. The van der Waals surface area contributed by atoms with Gasteiger partial charge in [-0.3, -0.25) is 9.79 Å². The molecule has 4 N–H and O–H groups in total. The number of nitrogens with zero attached hydrogens (tertiary/aromatic N) is 3. The maximum Gasteiger partial charge on any atom is 0.332 e. The number of aliphatic imine (C=N–C) groups is 1. The number of nitrogens with two attached hydrogens (primary N) is 2. The maximum absolute atomic E-state index is 13.6. The number of halogens is 3. The van der Waals surface area contributed by atoms with Crippen molar-refractivity contribution < 1.29 is 9.59 Å². The van der Waals surface area contributed by atoms with Gasteiger partial charge in [0.2, 0.25) is 0 Å². The summed E-state index contributed by atoms with van der Waals surface area (Å²) in [6.07, 6.45) is 0.842. The number of hydrogen-bond acceptors (Lipinski definition) is 3. The molecule has 2 aromatic rings. The van der Waals surface area contributed by atoms with Crippen molar-refractivity contribution in [3.63, 3.8) is 0 Å². The van der Waals surface area contributed by atoms with E-state index in [9.17, 15) is 9.59 Å². The molecule has 1 aliphatic rings. The van der Waals surface area contributed by atoms with Gasteiger partial charge in [-0.05, 0) is 49.2 Å². The molecule has 1 heterocycles. The third-order valence-electron chi connectivity index (χ3n) is 5.08. The van der Waals surface area contributed by atoms with E-state index in [0.717, 1.165) is 14.9 Å². The monoisotopic (exact) mass is 525 g/mol. The van der Waals surface area contributed by atoms with Gasteiger partial charge in [-0.1, -0.05) is 51.3 Å². The van der Waals surface area contributed by atoms with Crippen molar-refractivity contribution in [1.82, 2.24) is 4.90 Å². The lowest BCUT2D eigenvalue weighted by Crippen LogP contribution is -2.49. The van der Waals surface area contributed by atoms with E-state index in [4.69, 9.17) is 34.7 Å². The van der Waals surface area contributed by atoms with Gasteiger partial charge in [0, 0.05) is 34.0 Å². The number of urea groups is 1. The molecule has 2 aromatic carbocycles. The maximum atomic E-state index is 13.6. The van der Waals surface area contributed by atoms with Crippen molar-refractivity contribution in [2.45, 2.75) is 25.3 Å². The van der Waals surface area contributed by atoms with Crippen LogP contribution in [0.5, 0.6) is 0 Å². The van der Waals surface area contributed by atoms with Crippen LogP contribution in [-0.4, -0.2) is 41.4 Å². The number of imide groups is 1. The second kappa shape index (κ2) is 9.46. The molecular formula is C21H22BrCl2N5O2. The van der Waals surface area contributed by atoms with E-state index in [0.29, 0.717) is 41.7 Å². The number of benzene rings is 2. The van der Waals surface area contributed by atoms with E-state index in [1.54, 1.807) is 30.0 Å². The van der Waals surface area contributed by atoms with Gasteiger partial charge in [0.25, 0.3) is 5.91 Å². The Labute approximate surface area is 199 Å². The number of hydrogen-bond donors (Lipinski definition) is 2. The van der Waals surface area contributed by atoms with Gasteiger partial charge in [0.05, 0.1) is 5.69 Å². The molecule has 3 amide bonds. The largest absolute Gasteiger partial charge is 0.370 e. The Morgan fingerprint density at radius 3 is 2.29 bits per heavy atom. The topological polar surface area (TPSA) is 105 Å². The van der Waals surface area contributed by atoms with E-state index in [1.807, 2.05) is 24.3 Å². The molecule has 31 heavy (non-hydrogen) atoms. The average molecular weight is 527 g/mol. The molecule has 10 heteroatoms. The van der Waals surface area contributed by atoms with Crippen LogP contribution in [-0.2, 0) is 11.2 Å².